The second-order valence-corrected chi connectivity index (χ2v) is 3.98. The Hall–Kier alpha value is -2.37. The minimum absolute atomic E-state index is 0.0975. The number of aryl methyl sites for hydroxylation is 1. The fraction of sp³-hybridized carbons (Fsp3) is 0.308. The number of methoxy groups -OCH3 is 1. The summed E-state index contributed by atoms with van der Waals surface area (Å²) < 4.78 is 10.5. The minimum Gasteiger partial charge on any atom is -0.497 e. The first-order valence-electron chi connectivity index (χ1n) is 5.87. The zero-order valence-electron chi connectivity index (χ0n) is 10.5. The number of hydrogen-bond donors (Lipinski definition) is 1. The maximum atomic E-state index is 10.4. The summed E-state index contributed by atoms with van der Waals surface area (Å²) in [6.07, 6.45) is 1.05. The van der Waals surface area contributed by atoms with Crippen molar-refractivity contribution in [3.8, 4) is 17.2 Å². The second kappa shape index (κ2) is 5.99. The molecule has 2 aromatic rings. The molecule has 1 N–H and O–H groups in total. The largest absolute Gasteiger partial charge is 0.497 e. The van der Waals surface area contributed by atoms with Crippen molar-refractivity contribution in [2.75, 3.05) is 7.11 Å². The normalized spacial score (nSPS) is 10.4. The van der Waals surface area contributed by atoms with Gasteiger partial charge in [-0.3, -0.25) is 4.79 Å². The number of ether oxygens (including phenoxy) is 1. The Labute approximate surface area is 110 Å². The Kier molecular flexibility index (Phi) is 4.12. The van der Waals surface area contributed by atoms with Gasteiger partial charge in [-0.25, -0.2) is 0 Å². The number of aromatic nitrogens is 2. The zero-order chi connectivity index (χ0) is 13.7. The fourth-order valence-electron chi connectivity index (χ4n) is 1.60. The number of carbonyl (C=O) groups is 1. The van der Waals surface area contributed by atoms with E-state index < -0.39 is 5.97 Å². The van der Waals surface area contributed by atoms with Crippen molar-refractivity contribution in [3.63, 3.8) is 0 Å². The van der Waals surface area contributed by atoms with Crippen LogP contribution < -0.4 is 4.74 Å². The monoisotopic (exact) mass is 262 g/mol. The Morgan fingerprint density at radius 3 is 2.68 bits per heavy atom. The van der Waals surface area contributed by atoms with E-state index in [1.54, 1.807) is 7.11 Å². The van der Waals surface area contributed by atoms with Gasteiger partial charge in [0.25, 0.3) is 0 Å². The summed E-state index contributed by atoms with van der Waals surface area (Å²) in [7, 11) is 1.60. The highest BCUT2D eigenvalue weighted by atomic mass is 16.5. The van der Waals surface area contributed by atoms with Gasteiger partial charge >= 0.3 is 5.97 Å². The highest BCUT2D eigenvalue weighted by molar-refractivity contribution is 5.66. The van der Waals surface area contributed by atoms with Crippen LogP contribution in [0.5, 0.6) is 5.75 Å². The highest BCUT2D eigenvalue weighted by Gasteiger charge is 2.09. The van der Waals surface area contributed by atoms with Crippen LogP contribution >= 0.6 is 0 Å². The van der Waals surface area contributed by atoms with Crippen molar-refractivity contribution < 1.29 is 19.1 Å². The van der Waals surface area contributed by atoms with Crippen LogP contribution in [0, 0.1) is 0 Å². The smallest absolute Gasteiger partial charge is 0.303 e. The molecule has 0 radical (unpaired) electrons. The van der Waals surface area contributed by atoms with Gasteiger partial charge in [0.05, 0.1) is 7.11 Å². The molecule has 2 rings (SSSR count). The summed E-state index contributed by atoms with van der Waals surface area (Å²) in [5, 5.41) is 16.4. The van der Waals surface area contributed by atoms with Gasteiger partial charge in [-0.15, -0.1) is 10.2 Å². The first-order chi connectivity index (χ1) is 9.19. The Bertz CT molecular complexity index is 548. The molecule has 100 valence electrons. The molecule has 0 aliphatic rings. The van der Waals surface area contributed by atoms with Crippen LogP contribution in [0.1, 0.15) is 18.7 Å². The molecule has 0 aliphatic carbocycles. The molecule has 1 heterocycles. The lowest BCUT2D eigenvalue weighted by molar-refractivity contribution is -0.137. The van der Waals surface area contributed by atoms with Gasteiger partial charge in [-0.2, -0.15) is 0 Å². The molecule has 1 aromatic heterocycles. The van der Waals surface area contributed by atoms with Crippen LogP contribution in [0.25, 0.3) is 11.5 Å². The van der Waals surface area contributed by atoms with E-state index in [1.165, 1.54) is 0 Å². The van der Waals surface area contributed by atoms with Gasteiger partial charge in [-0.05, 0) is 30.7 Å². The van der Waals surface area contributed by atoms with E-state index in [1.807, 2.05) is 24.3 Å². The number of benzene rings is 1. The number of hydrogen-bond acceptors (Lipinski definition) is 5. The predicted molar refractivity (Wildman–Crippen MR) is 66.9 cm³/mol. The zero-order valence-corrected chi connectivity index (χ0v) is 10.5. The van der Waals surface area contributed by atoms with Crippen LogP contribution in [0.2, 0.25) is 0 Å². The topological polar surface area (TPSA) is 85.5 Å². The summed E-state index contributed by atoms with van der Waals surface area (Å²) in [5.41, 5.74) is 0.804. The maximum absolute atomic E-state index is 10.4. The first kappa shape index (κ1) is 13.1. The van der Waals surface area contributed by atoms with E-state index in [0.29, 0.717) is 24.6 Å². The highest BCUT2D eigenvalue weighted by Crippen LogP contribution is 2.21. The van der Waals surface area contributed by atoms with Crippen LogP contribution in [0.3, 0.4) is 0 Å². The summed E-state index contributed by atoms with van der Waals surface area (Å²) >= 11 is 0. The standard InChI is InChI=1S/C13H14N2O4/c1-18-10-7-5-9(6-8-10)13-15-14-11(19-13)3-2-4-12(16)17/h5-8H,2-4H2,1H3,(H,16,17). The summed E-state index contributed by atoms with van der Waals surface area (Å²) in [5.74, 6) is 0.805. The molecule has 6 heteroatoms. The van der Waals surface area contributed by atoms with Crippen molar-refractivity contribution in [2.24, 2.45) is 0 Å². The fourth-order valence-corrected chi connectivity index (χ4v) is 1.60. The third kappa shape index (κ3) is 3.54. The lowest BCUT2D eigenvalue weighted by atomic mass is 10.2. The van der Waals surface area contributed by atoms with Gasteiger partial charge in [0.1, 0.15) is 5.75 Å². The summed E-state index contributed by atoms with van der Waals surface area (Å²) in [6, 6.07) is 7.27. The van der Waals surface area contributed by atoms with Crippen LogP contribution in [-0.2, 0) is 11.2 Å². The average molecular weight is 262 g/mol. The van der Waals surface area contributed by atoms with Gasteiger partial charge in [0, 0.05) is 18.4 Å². The molecule has 0 amide bonds. The van der Waals surface area contributed by atoms with Gasteiger partial charge in [-0.1, -0.05) is 0 Å². The molecule has 0 saturated carbocycles. The summed E-state index contributed by atoms with van der Waals surface area (Å²) in [6.45, 7) is 0. The van der Waals surface area contributed by atoms with Crippen LogP contribution in [0.4, 0.5) is 0 Å². The molecular formula is C13H14N2O4. The Morgan fingerprint density at radius 1 is 1.32 bits per heavy atom. The van der Waals surface area contributed by atoms with Crippen molar-refractivity contribution >= 4 is 5.97 Å². The maximum Gasteiger partial charge on any atom is 0.303 e. The predicted octanol–water partition coefficient (Wildman–Crippen LogP) is 2.15. The number of nitrogens with zero attached hydrogens (tertiary/aromatic N) is 2. The molecule has 0 aliphatic heterocycles. The number of carboxylic acids is 1. The lowest BCUT2D eigenvalue weighted by Gasteiger charge is -1.99. The third-order valence-corrected chi connectivity index (χ3v) is 2.59. The number of rotatable bonds is 6. The molecule has 6 nitrogen and oxygen atoms in total. The molecule has 0 atom stereocenters. The molecule has 0 bridgehead atoms. The molecule has 0 unspecified atom stereocenters. The van der Waals surface area contributed by atoms with Crippen molar-refractivity contribution in [1.29, 1.82) is 0 Å². The number of aliphatic carboxylic acids is 1. The van der Waals surface area contributed by atoms with Gasteiger partial charge in [0.15, 0.2) is 0 Å². The Balaban J connectivity index is 2.01. The lowest BCUT2D eigenvalue weighted by Crippen LogP contribution is -1.95. The molecule has 1 aromatic carbocycles. The van der Waals surface area contributed by atoms with E-state index in [-0.39, 0.29) is 6.42 Å². The average Bonchev–Trinajstić information content (AvgIpc) is 2.87. The SMILES string of the molecule is COc1ccc(-c2nnc(CCCC(=O)O)o2)cc1. The molecular weight excluding hydrogens is 248 g/mol. The molecule has 0 spiro atoms. The van der Waals surface area contributed by atoms with Gasteiger partial charge in [0.2, 0.25) is 11.8 Å². The van der Waals surface area contributed by atoms with Crippen molar-refractivity contribution in [1.82, 2.24) is 10.2 Å². The third-order valence-electron chi connectivity index (χ3n) is 2.59. The minimum atomic E-state index is -0.824. The van der Waals surface area contributed by atoms with Crippen LogP contribution in [-0.4, -0.2) is 28.4 Å². The first-order valence-corrected chi connectivity index (χ1v) is 5.87. The number of carboxylic acid groups (broad SMARTS) is 1. The van der Waals surface area contributed by atoms with Crippen molar-refractivity contribution in [3.05, 3.63) is 30.2 Å². The van der Waals surface area contributed by atoms with E-state index >= 15 is 0 Å². The molecule has 0 saturated heterocycles. The van der Waals surface area contributed by atoms with Gasteiger partial charge < -0.3 is 14.3 Å². The second-order valence-electron chi connectivity index (χ2n) is 3.98. The van der Waals surface area contributed by atoms with Crippen molar-refractivity contribution in [2.45, 2.75) is 19.3 Å². The van der Waals surface area contributed by atoms with E-state index in [2.05, 4.69) is 10.2 Å². The van der Waals surface area contributed by atoms with E-state index in [9.17, 15) is 4.79 Å². The van der Waals surface area contributed by atoms with E-state index in [4.69, 9.17) is 14.3 Å². The summed E-state index contributed by atoms with van der Waals surface area (Å²) in [4.78, 5) is 10.4. The van der Waals surface area contributed by atoms with Crippen LogP contribution in [0.15, 0.2) is 28.7 Å². The molecule has 0 fully saturated rings. The van der Waals surface area contributed by atoms with E-state index in [0.717, 1.165) is 11.3 Å². The Morgan fingerprint density at radius 2 is 2.05 bits per heavy atom. The quantitative estimate of drug-likeness (QED) is 0.858. The molecule has 19 heavy (non-hydrogen) atoms.